The molecule has 1 aromatic heterocycles. The summed E-state index contributed by atoms with van der Waals surface area (Å²) in [6, 6.07) is 17.0. The molecule has 3 aromatic carbocycles. The Labute approximate surface area is 158 Å². The van der Waals surface area contributed by atoms with Crippen LogP contribution in [0.2, 0.25) is 0 Å². The van der Waals surface area contributed by atoms with Crippen molar-refractivity contribution in [2.24, 2.45) is 0 Å². The summed E-state index contributed by atoms with van der Waals surface area (Å²) in [6.45, 7) is 0. The lowest BCUT2D eigenvalue weighted by molar-refractivity contribution is 0.0700. The number of aromatic carboxylic acids is 1. The molecule has 6 heteroatoms. The number of aromatic nitrogens is 1. The number of rotatable bonds is 3. The van der Waals surface area contributed by atoms with Gasteiger partial charge in [0.15, 0.2) is 0 Å². The number of nitrogens with two attached hydrogens (primary N) is 1. The van der Waals surface area contributed by atoms with E-state index in [1.807, 2.05) is 12.1 Å². The van der Waals surface area contributed by atoms with Crippen molar-refractivity contribution in [3.05, 3.63) is 83.9 Å². The van der Waals surface area contributed by atoms with Gasteiger partial charge in [0, 0.05) is 10.9 Å². The minimum Gasteiger partial charge on any atom is -0.478 e. The van der Waals surface area contributed by atoms with Gasteiger partial charge in [-0.2, -0.15) is 0 Å². The van der Waals surface area contributed by atoms with Crippen LogP contribution in [0.15, 0.2) is 66.7 Å². The third-order valence-electron chi connectivity index (χ3n) is 4.53. The van der Waals surface area contributed by atoms with Gasteiger partial charge in [-0.3, -0.25) is 0 Å². The molecule has 0 unspecified atom stereocenters. The molecule has 0 amide bonds. The molecule has 3 N–H and O–H groups in total. The van der Waals surface area contributed by atoms with Crippen molar-refractivity contribution in [3.63, 3.8) is 0 Å². The van der Waals surface area contributed by atoms with E-state index in [0.717, 1.165) is 17.2 Å². The predicted molar refractivity (Wildman–Crippen MR) is 104 cm³/mol. The normalized spacial score (nSPS) is 10.9. The zero-order valence-electron chi connectivity index (χ0n) is 14.5. The Balaban J connectivity index is 1.85. The number of carbonyl (C=O) groups is 1. The quantitative estimate of drug-likeness (QED) is 0.520. The van der Waals surface area contributed by atoms with Gasteiger partial charge < -0.3 is 10.8 Å². The SMILES string of the molecule is Nc1c(-c2ccc(-c3ccc(F)cc3)cc2)nc2ccc(F)cc2c1C(=O)O. The maximum atomic E-state index is 13.6. The minimum absolute atomic E-state index is 0.0277. The van der Waals surface area contributed by atoms with Crippen LogP contribution in [0.5, 0.6) is 0 Å². The molecule has 0 aliphatic carbocycles. The second-order valence-electron chi connectivity index (χ2n) is 6.30. The number of nitrogens with zero attached hydrogens (tertiary/aromatic N) is 1. The molecule has 0 radical (unpaired) electrons. The van der Waals surface area contributed by atoms with Gasteiger partial charge >= 0.3 is 5.97 Å². The fourth-order valence-electron chi connectivity index (χ4n) is 3.16. The van der Waals surface area contributed by atoms with Crippen molar-refractivity contribution in [3.8, 4) is 22.4 Å². The topological polar surface area (TPSA) is 76.2 Å². The molecule has 0 fully saturated rings. The van der Waals surface area contributed by atoms with Crippen LogP contribution in [0, 0.1) is 11.6 Å². The van der Waals surface area contributed by atoms with Crippen LogP contribution in [-0.2, 0) is 0 Å². The summed E-state index contributed by atoms with van der Waals surface area (Å²) in [7, 11) is 0. The summed E-state index contributed by atoms with van der Waals surface area (Å²) in [4.78, 5) is 16.2. The summed E-state index contributed by atoms with van der Waals surface area (Å²) in [5, 5.41) is 9.73. The highest BCUT2D eigenvalue weighted by Gasteiger charge is 2.19. The number of nitrogen functional groups attached to an aromatic ring is 1. The Kier molecular flexibility index (Phi) is 4.24. The van der Waals surface area contributed by atoms with E-state index >= 15 is 0 Å². The van der Waals surface area contributed by atoms with Crippen molar-refractivity contribution >= 4 is 22.6 Å². The van der Waals surface area contributed by atoms with Crippen LogP contribution in [0.25, 0.3) is 33.3 Å². The first-order valence-electron chi connectivity index (χ1n) is 8.42. The molecular weight excluding hydrogens is 362 g/mol. The first-order valence-corrected chi connectivity index (χ1v) is 8.42. The number of anilines is 1. The number of hydrogen-bond donors (Lipinski definition) is 2. The third kappa shape index (κ3) is 3.05. The molecular formula is C22H14F2N2O2. The van der Waals surface area contributed by atoms with Gasteiger partial charge in [-0.1, -0.05) is 36.4 Å². The second-order valence-corrected chi connectivity index (χ2v) is 6.30. The summed E-state index contributed by atoms with van der Waals surface area (Å²) in [5.74, 6) is -2.13. The van der Waals surface area contributed by atoms with Crippen molar-refractivity contribution in [1.82, 2.24) is 4.98 Å². The van der Waals surface area contributed by atoms with Gasteiger partial charge in [0.2, 0.25) is 0 Å². The molecule has 28 heavy (non-hydrogen) atoms. The highest BCUT2D eigenvalue weighted by molar-refractivity contribution is 6.09. The highest BCUT2D eigenvalue weighted by atomic mass is 19.1. The van der Waals surface area contributed by atoms with Crippen molar-refractivity contribution in [2.45, 2.75) is 0 Å². The lowest BCUT2D eigenvalue weighted by Crippen LogP contribution is -2.07. The zero-order chi connectivity index (χ0) is 19.8. The number of hydrogen-bond acceptors (Lipinski definition) is 3. The van der Waals surface area contributed by atoms with Crippen molar-refractivity contribution < 1.29 is 18.7 Å². The molecule has 138 valence electrons. The summed E-state index contributed by atoms with van der Waals surface area (Å²) in [6.07, 6.45) is 0. The second kappa shape index (κ2) is 6.74. The lowest BCUT2D eigenvalue weighted by Gasteiger charge is -2.12. The fourth-order valence-corrected chi connectivity index (χ4v) is 3.16. The van der Waals surface area contributed by atoms with Gasteiger partial charge in [0.25, 0.3) is 0 Å². The Hall–Kier alpha value is -3.80. The summed E-state index contributed by atoms with van der Waals surface area (Å²) in [5.41, 5.74) is 8.86. The molecule has 4 nitrogen and oxygen atoms in total. The maximum absolute atomic E-state index is 13.6. The first-order chi connectivity index (χ1) is 13.4. The van der Waals surface area contributed by atoms with E-state index in [0.29, 0.717) is 16.8 Å². The monoisotopic (exact) mass is 376 g/mol. The number of carboxylic acid groups (broad SMARTS) is 1. The van der Waals surface area contributed by atoms with E-state index < -0.39 is 11.8 Å². The number of halogens is 2. The van der Waals surface area contributed by atoms with Crippen LogP contribution in [-0.4, -0.2) is 16.1 Å². The Bertz CT molecular complexity index is 1200. The summed E-state index contributed by atoms with van der Waals surface area (Å²) < 4.78 is 26.7. The van der Waals surface area contributed by atoms with Crippen LogP contribution >= 0.6 is 0 Å². The average Bonchev–Trinajstić information content (AvgIpc) is 2.68. The van der Waals surface area contributed by atoms with E-state index in [1.165, 1.54) is 24.3 Å². The molecule has 0 aliphatic heterocycles. The molecule has 0 spiro atoms. The van der Waals surface area contributed by atoms with Crippen molar-refractivity contribution in [2.75, 3.05) is 5.73 Å². The predicted octanol–water partition coefficient (Wildman–Crippen LogP) is 5.13. The van der Waals surface area contributed by atoms with E-state index in [-0.39, 0.29) is 22.5 Å². The Morgan fingerprint density at radius 3 is 1.96 bits per heavy atom. The van der Waals surface area contributed by atoms with Gasteiger partial charge in [-0.25, -0.2) is 18.6 Å². The van der Waals surface area contributed by atoms with Crippen LogP contribution < -0.4 is 5.73 Å². The summed E-state index contributed by atoms with van der Waals surface area (Å²) >= 11 is 0. The standard InChI is InChI=1S/C22H14F2N2O2/c23-15-7-5-13(6-8-15)12-1-3-14(4-2-12)21-20(25)19(22(27)28)17-11-16(24)9-10-18(17)26-21/h1-11H,25H2,(H,27,28). The largest absolute Gasteiger partial charge is 0.478 e. The molecule has 0 saturated carbocycles. The smallest absolute Gasteiger partial charge is 0.338 e. The number of carboxylic acids is 1. The zero-order valence-corrected chi connectivity index (χ0v) is 14.5. The first kappa shape index (κ1) is 17.6. The Morgan fingerprint density at radius 2 is 1.36 bits per heavy atom. The molecule has 0 atom stereocenters. The number of fused-ring (bicyclic) bond motifs is 1. The minimum atomic E-state index is -1.25. The lowest BCUT2D eigenvalue weighted by atomic mass is 9.99. The molecule has 4 rings (SSSR count). The van der Waals surface area contributed by atoms with E-state index in [1.54, 1.807) is 24.3 Å². The van der Waals surface area contributed by atoms with Gasteiger partial charge in [-0.05, 0) is 41.5 Å². The third-order valence-corrected chi connectivity index (χ3v) is 4.53. The van der Waals surface area contributed by atoms with Crippen LogP contribution in [0.3, 0.4) is 0 Å². The van der Waals surface area contributed by atoms with Crippen molar-refractivity contribution in [1.29, 1.82) is 0 Å². The molecule has 0 saturated heterocycles. The molecule has 0 aliphatic rings. The Morgan fingerprint density at radius 1 is 0.821 bits per heavy atom. The van der Waals surface area contributed by atoms with Crippen LogP contribution in [0.1, 0.15) is 10.4 Å². The van der Waals surface area contributed by atoms with Gasteiger partial charge in [0.05, 0.1) is 22.5 Å². The number of pyridine rings is 1. The number of benzene rings is 3. The fraction of sp³-hybridized carbons (Fsp3) is 0. The molecule has 4 aromatic rings. The maximum Gasteiger partial charge on any atom is 0.338 e. The average molecular weight is 376 g/mol. The van der Waals surface area contributed by atoms with E-state index in [4.69, 9.17) is 5.73 Å². The molecule has 0 bridgehead atoms. The highest BCUT2D eigenvalue weighted by Crippen LogP contribution is 2.33. The van der Waals surface area contributed by atoms with E-state index in [2.05, 4.69) is 4.98 Å². The van der Waals surface area contributed by atoms with Gasteiger partial charge in [0.1, 0.15) is 11.6 Å². The molecule has 1 heterocycles. The van der Waals surface area contributed by atoms with Gasteiger partial charge in [-0.15, -0.1) is 0 Å². The van der Waals surface area contributed by atoms with E-state index in [9.17, 15) is 18.7 Å². The van der Waals surface area contributed by atoms with Crippen LogP contribution in [0.4, 0.5) is 14.5 Å².